The summed E-state index contributed by atoms with van der Waals surface area (Å²) < 4.78 is 30.0. The van der Waals surface area contributed by atoms with Crippen LogP contribution in [-0.4, -0.2) is 26.2 Å². The van der Waals surface area contributed by atoms with E-state index in [1.54, 1.807) is 30.3 Å². The normalized spacial score (nSPS) is 34.7. The molecule has 2 aliphatic rings. The summed E-state index contributed by atoms with van der Waals surface area (Å²) in [5, 5.41) is 10.3. The Labute approximate surface area is 145 Å². The summed E-state index contributed by atoms with van der Waals surface area (Å²) in [6.07, 6.45) is 4.97. The molecule has 1 N–H and O–H groups in total. The maximum Gasteiger partial charge on any atom is 0.296 e. The van der Waals surface area contributed by atoms with E-state index in [9.17, 15) is 13.5 Å². The topological polar surface area (TPSA) is 63.6 Å². The second-order valence-corrected chi connectivity index (χ2v) is 9.40. The van der Waals surface area contributed by atoms with Crippen LogP contribution in [-0.2, 0) is 14.3 Å². The highest BCUT2D eigenvalue weighted by Crippen LogP contribution is 2.57. The first-order valence-electron chi connectivity index (χ1n) is 8.97. The molecule has 2 fully saturated rings. The predicted molar refractivity (Wildman–Crippen MR) is 92.9 cm³/mol. The summed E-state index contributed by atoms with van der Waals surface area (Å²) in [6.45, 7) is 4.57. The van der Waals surface area contributed by atoms with E-state index < -0.39 is 10.1 Å². The molecular formula is C19H28O4S. The van der Waals surface area contributed by atoms with Gasteiger partial charge in [0.1, 0.15) is 0 Å². The van der Waals surface area contributed by atoms with E-state index in [0.717, 1.165) is 32.1 Å². The Bertz CT molecular complexity index is 657. The first kappa shape index (κ1) is 17.9. The van der Waals surface area contributed by atoms with E-state index in [0.29, 0.717) is 11.8 Å². The highest BCUT2D eigenvalue weighted by molar-refractivity contribution is 7.86. The minimum Gasteiger partial charge on any atom is -0.393 e. The quantitative estimate of drug-likeness (QED) is 0.822. The van der Waals surface area contributed by atoms with E-state index >= 15 is 0 Å². The molecular weight excluding hydrogens is 324 g/mol. The standard InChI is InChI=1S/C19H28O4S/c1-14(13-23-24(21,22)15-7-4-3-5-8-15)16-10-11-17-18(20)9-6-12-19(16,17)2/h3-5,7-8,14,16-18,20H,6,9-13H2,1-2H3/t14-,16-,17+,18+,19-/m1/s1. The highest BCUT2D eigenvalue weighted by Gasteiger charge is 2.52. The van der Waals surface area contributed by atoms with Gasteiger partial charge < -0.3 is 5.11 Å². The predicted octanol–water partition coefficient (Wildman–Crippen LogP) is 3.61. The monoisotopic (exact) mass is 352 g/mol. The molecule has 0 amide bonds. The molecule has 2 saturated carbocycles. The Morgan fingerprint density at radius 1 is 1.25 bits per heavy atom. The van der Waals surface area contributed by atoms with Crippen LogP contribution in [0.2, 0.25) is 0 Å². The Kier molecular flexibility index (Phi) is 5.05. The van der Waals surface area contributed by atoms with Gasteiger partial charge in [-0.05, 0) is 61.0 Å². The SMILES string of the molecule is C[C@H](COS(=O)(=O)c1ccccc1)[C@H]1CC[C@H]2[C@@H](O)CCC[C@]12C. The molecule has 5 atom stereocenters. The van der Waals surface area contributed by atoms with Crippen molar-refractivity contribution >= 4 is 10.1 Å². The number of fused-ring (bicyclic) bond motifs is 1. The third kappa shape index (κ3) is 3.26. The van der Waals surface area contributed by atoms with Gasteiger partial charge >= 0.3 is 0 Å². The fourth-order valence-electron chi connectivity index (χ4n) is 5.09. The van der Waals surface area contributed by atoms with Crippen LogP contribution >= 0.6 is 0 Å². The average molecular weight is 352 g/mol. The van der Waals surface area contributed by atoms with E-state index in [1.807, 2.05) is 0 Å². The lowest BCUT2D eigenvalue weighted by Gasteiger charge is -2.45. The minimum atomic E-state index is -3.69. The van der Waals surface area contributed by atoms with Gasteiger partial charge in [-0.2, -0.15) is 8.42 Å². The second-order valence-electron chi connectivity index (χ2n) is 7.78. The molecule has 0 heterocycles. The maximum atomic E-state index is 12.3. The van der Waals surface area contributed by atoms with Crippen LogP contribution < -0.4 is 0 Å². The number of aliphatic hydroxyl groups excluding tert-OH is 1. The van der Waals surface area contributed by atoms with Crippen LogP contribution in [0.1, 0.15) is 46.0 Å². The van der Waals surface area contributed by atoms with Gasteiger partial charge in [-0.1, -0.05) is 38.5 Å². The number of aliphatic hydroxyl groups is 1. The smallest absolute Gasteiger partial charge is 0.296 e. The van der Waals surface area contributed by atoms with Gasteiger partial charge in [0.25, 0.3) is 10.1 Å². The fraction of sp³-hybridized carbons (Fsp3) is 0.684. The molecule has 0 bridgehead atoms. The lowest BCUT2D eigenvalue weighted by Crippen LogP contribution is -2.42. The van der Waals surface area contributed by atoms with Gasteiger partial charge in [0.2, 0.25) is 0 Å². The lowest BCUT2D eigenvalue weighted by atomic mass is 9.62. The molecule has 0 spiro atoms. The van der Waals surface area contributed by atoms with Gasteiger partial charge in [0.15, 0.2) is 0 Å². The van der Waals surface area contributed by atoms with Gasteiger partial charge in [-0.15, -0.1) is 0 Å². The Balaban J connectivity index is 1.66. The molecule has 5 heteroatoms. The summed E-state index contributed by atoms with van der Waals surface area (Å²) in [7, 11) is -3.69. The molecule has 0 saturated heterocycles. The van der Waals surface area contributed by atoms with Crippen molar-refractivity contribution in [2.24, 2.45) is 23.2 Å². The molecule has 0 unspecified atom stereocenters. The number of hydrogen-bond acceptors (Lipinski definition) is 4. The van der Waals surface area contributed by atoms with Gasteiger partial charge in [-0.3, -0.25) is 4.18 Å². The third-order valence-corrected chi connectivity index (χ3v) is 7.66. The third-order valence-electron chi connectivity index (χ3n) is 6.37. The van der Waals surface area contributed by atoms with Crippen molar-refractivity contribution in [3.63, 3.8) is 0 Å². The van der Waals surface area contributed by atoms with Crippen LogP contribution in [0, 0.1) is 23.2 Å². The zero-order valence-electron chi connectivity index (χ0n) is 14.5. The van der Waals surface area contributed by atoms with E-state index in [4.69, 9.17) is 4.18 Å². The molecule has 134 valence electrons. The Morgan fingerprint density at radius 3 is 2.67 bits per heavy atom. The van der Waals surface area contributed by atoms with E-state index in [1.165, 1.54) is 0 Å². The summed E-state index contributed by atoms with van der Waals surface area (Å²) in [5.41, 5.74) is 0.108. The van der Waals surface area contributed by atoms with E-state index in [2.05, 4.69) is 13.8 Å². The van der Waals surface area contributed by atoms with Gasteiger partial charge in [0.05, 0.1) is 17.6 Å². The van der Waals surface area contributed by atoms with Crippen molar-refractivity contribution in [3.8, 4) is 0 Å². The lowest BCUT2D eigenvalue weighted by molar-refractivity contribution is -0.0307. The molecule has 24 heavy (non-hydrogen) atoms. The number of rotatable bonds is 5. The molecule has 0 radical (unpaired) electrons. The molecule has 3 rings (SSSR count). The summed E-state index contributed by atoms with van der Waals surface area (Å²) in [6, 6.07) is 8.31. The summed E-state index contributed by atoms with van der Waals surface area (Å²) in [5.74, 6) is 0.914. The molecule has 1 aromatic rings. The van der Waals surface area contributed by atoms with Crippen molar-refractivity contribution < 1.29 is 17.7 Å². The van der Waals surface area contributed by atoms with Crippen LogP contribution in [0.5, 0.6) is 0 Å². The molecule has 1 aromatic carbocycles. The zero-order valence-corrected chi connectivity index (χ0v) is 15.3. The highest BCUT2D eigenvalue weighted by atomic mass is 32.2. The molecule has 0 aromatic heterocycles. The fourth-order valence-corrected chi connectivity index (χ4v) is 6.11. The Hall–Kier alpha value is -0.910. The van der Waals surface area contributed by atoms with Crippen molar-refractivity contribution in [2.45, 2.75) is 57.0 Å². The molecule has 4 nitrogen and oxygen atoms in total. The first-order valence-corrected chi connectivity index (χ1v) is 10.4. The van der Waals surface area contributed by atoms with Crippen LogP contribution in [0.15, 0.2) is 35.2 Å². The van der Waals surface area contributed by atoms with Crippen LogP contribution in [0.4, 0.5) is 0 Å². The molecule has 0 aliphatic heterocycles. The second kappa shape index (κ2) is 6.77. The largest absolute Gasteiger partial charge is 0.393 e. The van der Waals surface area contributed by atoms with Gasteiger partial charge in [-0.25, -0.2) is 0 Å². The van der Waals surface area contributed by atoms with Gasteiger partial charge in [0, 0.05) is 0 Å². The zero-order chi connectivity index (χ0) is 17.4. The average Bonchev–Trinajstić information content (AvgIpc) is 2.92. The summed E-state index contributed by atoms with van der Waals surface area (Å²) in [4.78, 5) is 0.209. The number of hydrogen-bond donors (Lipinski definition) is 1. The summed E-state index contributed by atoms with van der Waals surface area (Å²) >= 11 is 0. The van der Waals surface area contributed by atoms with Crippen LogP contribution in [0.3, 0.4) is 0 Å². The first-order chi connectivity index (χ1) is 11.3. The van der Waals surface area contributed by atoms with Crippen molar-refractivity contribution in [3.05, 3.63) is 30.3 Å². The van der Waals surface area contributed by atoms with Crippen LogP contribution in [0.25, 0.3) is 0 Å². The molecule has 2 aliphatic carbocycles. The maximum absolute atomic E-state index is 12.3. The number of benzene rings is 1. The van der Waals surface area contributed by atoms with Crippen molar-refractivity contribution in [2.75, 3.05) is 6.61 Å². The van der Waals surface area contributed by atoms with Crippen molar-refractivity contribution in [1.29, 1.82) is 0 Å². The van der Waals surface area contributed by atoms with Crippen molar-refractivity contribution in [1.82, 2.24) is 0 Å². The Morgan fingerprint density at radius 2 is 1.96 bits per heavy atom. The van der Waals surface area contributed by atoms with E-state index in [-0.39, 0.29) is 28.9 Å². The minimum absolute atomic E-state index is 0.108.